The summed E-state index contributed by atoms with van der Waals surface area (Å²) in [6.45, 7) is 6.13. The van der Waals surface area contributed by atoms with E-state index in [2.05, 4.69) is 20.5 Å². The molecule has 0 spiro atoms. The fourth-order valence-electron chi connectivity index (χ4n) is 3.61. The number of aromatic nitrogens is 4. The molecule has 168 valence electrons. The molecule has 2 aromatic heterocycles. The zero-order chi connectivity index (χ0) is 23.4. The van der Waals surface area contributed by atoms with Gasteiger partial charge >= 0.3 is 0 Å². The average molecular weight is 460 g/mol. The Balaban J connectivity index is 1.52. The molecule has 0 saturated carbocycles. The number of benzene rings is 2. The molecule has 2 heterocycles. The second-order valence-electron chi connectivity index (χ2n) is 7.81. The lowest BCUT2D eigenvalue weighted by Gasteiger charge is -2.13. The molecule has 0 atom stereocenters. The number of nitrogens with zero attached hydrogens (tertiary/aromatic N) is 4. The molecule has 8 heteroatoms. The van der Waals surface area contributed by atoms with Crippen molar-refractivity contribution in [3.05, 3.63) is 83.2 Å². The molecule has 0 unspecified atom stereocenters. The standard InChI is InChI=1S/C25H25N5O2S/c1-16-7-4-5-9-21(16)30-24(20-8-6-10-26-14-20)28-29-25(30)33-15-22(31)27-13-19-11-17(2)23(32)18(3)12-19/h4-12,14,32H,13,15H2,1-3H3,(H,27,31). The fraction of sp³-hybridized carbons (Fsp3) is 0.200. The Labute approximate surface area is 196 Å². The molecule has 0 bridgehead atoms. The van der Waals surface area contributed by atoms with Crippen molar-refractivity contribution in [2.24, 2.45) is 0 Å². The van der Waals surface area contributed by atoms with Crippen LogP contribution in [-0.4, -0.2) is 36.5 Å². The van der Waals surface area contributed by atoms with Gasteiger partial charge in [-0.15, -0.1) is 10.2 Å². The lowest BCUT2D eigenvalue weighted by Crippen LogP contribution is -2.24. The summed E-state index contributed by atoms with van der Waals surface area (Å²) in [5.41, 5.74) is 5.42. The Bertz CT molecular complexity index is 1260. The zero-order valence-corrected chi connectivity index (χ0v) is 19.6. The van der Waals surface area contributed by atoms with Gasteiger partial charge in [-0.05, 0) is 61.2 Å². The van der Waals surface area contributed by atoms with Crippen molar-refractivity contribution >= 4 is 17.7 Å². The third-order valence-corrected chi connectivity index (χ3v) is 6.21. The Hall–Kier alpha value is -3.65. The van der Waals surface area contributed by atoms with E-state index < -0.39 is 0 Å². The molecular formula is C25H25N5O2S. The van der Waals surface area contributed by atoms with Crippen LogP contribution in [0, 0.1) is 20.8 Å². The van der Waals surface area contributed by atoms with E-state index in [1.54, 1.807) is 12.4 Å². The number of hydrogen-bond donors (Lipinski definition) is 2. The lowest BCUT2D eigenvalue weighted by atomic mass is 10.1. The minimum atomic E-state index is -0.106. The molecule has 4 rings (SSSR count). The predicted molar refractivity (Wildman–Crippen MR) is 129 cm³/mol. The molecule has 33 heavy (non-hydrogen) atoms. The first-order valence-electron chi connectivity index (χ1n) is 10.5. The molecule has 0 aliphatic heterocycles. The smallest absolute Gasteiger partial charge is 0.230 e. The summed E-state index contributed by atoms with van der Waals surface area (Å²) in [6, 6.07) is 15.6. The fourth-order valence-corrected chi connectivity index (χ4v) is 4.38. The van der Waals surface area contributed by atoms with E-state index in [4.69, 9.17) is 0 Å². The van der Waals surface area contributed by atoms with Crippen LogP contribution in [-0.2, 0) is 11.3 Å². The number of para-hydroxylation sites is 1. The number of amides is 1. The highest BCUT2D eigenvalue weighted by atomic mass is 32.2. The normalized spacial score (nSPS) is 10.9. The molecule has 4 aromatic rings. The number of phenolic OH excluding ortho intramolecular Hbond substituents is 1. The molecule has 0 radical (unpaired) electrons. The van der Waals surface area contributed by atoms with Crippen LogP contribution in [0.2, 0.25) is 0 Å². The monoisotopic (exact) mass is 459 g/mol. The number of phenols is 1. The summed E-state index contributed by atoms with van der Waals surface area (Å²) in [7, 11) is 0. The lowest BCUT2D eigenvalue weighted by molar-refractivity contribution is -0.118. The van der Waals surface area contributed by atoms with E-state index in [1.807, 2.05) is 73.9 Å². The van der Waals surface area contributed by atoms with E-state index in [0.29, 0.717) is 23.3 Å². The highest BCUT2D eigenvalue weighted by molar-refractivity contribution is 7.99. The summed E-state index contributed by atoms with van der Waals surface area (Å²) < 4.78 is 1.97. The topological polar surface area (TPSA) is 92.9 Å². The Morgan fingerprint density at radius 2 is 1.79 bits per heavy atom. The third kappa shape index (κ3) is 5.06. The van der Waals surface area contributed by atoms with Crippen LogP contribution < -0.4 is 5.32 Å². The van der Waals surface area contributed by atoms with Gasteiger partial charge in [0.05, 0.1) is 11.4 Å². The van der Waals surface area contributed by atoms with E-state index in [0.717, 1.165) is 33.5 Å². The molecule has 0 aliphatic rings. The van der Waals surface area contributed by atoms with Crippen LogP contribution >= 0.6 is 11.8 Å². The number of aryl methyl sites for hydroxylation is 3. The van der Waals surface area contributed by atoms with Crippen molar-refractivity contribution in [2.45, 2.75) is 32.5 Å². The van der Waals surface area contributed by atoms with Gasteiger partial charge in [0.2, 0.25) is 5.91 Å². The van der Waals surface area contributed by atoms with Crippen molar-refractivity contribution in [3.63, 3.8) is 0 Å². The summed E-state index contributed by atoms with van der Waals surface area (Å²) in [4.78, 5) is 16.8. The number of rotatable bonds is 7. The predicted octanol–water partition coefficient (Wildman–Crippen LogP) is 4.37. The number of carbonyl (C=O) groups excluding carboxylic acids is 1. The van der Waals surface area contributed by atoms with Crippen LogP contribution in [0.15, 0.2) is 66.1 Å². The van der Waals surface area contributed by atoms with Gasteiger partial charge in [-0.25, -0.2) is 0 Å². The van der Waals surface area contributed by atoms with Gasteiger partial charge in [0.25, 0.3) is 0 Å². The molecule has 7 nitrogen and oxygen atoms in total. The van der Waals surface area contributed by atoms with E-state index in [1.165, 1.54) is 11.8 Å². The summed E-state index contributed by atoms with van der Waals surface area (Å²) in [6.07, 6.45) is 3.47. The molecule has 0 aliphatic carbocycles. The van der Waals surface area contributed by atoms with Gasteiger partial charge in [0, 0.05) is 24.5 Å². The summed E-state index contributed by atoms with van der Waals surface area (Å²) in [5, 5.41) is 22.3. The Kier molecular flexibility index (Phi) is 6.74. The van der Waals surface area contributed by atoms with Gasteiger partial charge in [0.15, 0.2) is 11.0 Å². The second-order valence-corrected chi connectivity index (χ2v) is 8.76. The largest absolute Gasteiger partial charge is 0.507 e. The van der Waals surface area contributed by atoms with E-state index in [9.17, 15) is 9.90 Å². The molecular weight excluding hydrogens is 434 g/mol. The maximum absolute atomic E-state index is 12.6. The number of nitrogens with one attached hydrogen (secondary N) is 1. The first kappa shape index (κ1) is 22.5. The highest BCUT2D eigenvalue weighted by Gasteiger charge is 2.18. The van der Waals surface area contributed by atoms with Gasteiger partial charge < -0.3 is 10.4 Å². The minimum absolute atomic E-state index is 0.106. The Morgan fingerprint density at radius 3 is 2.48 bits per heavy atom. The third-order valence-electron chi connectivity index (χ3n) is 5.28. The Morgan fingerprint density at radius 1 is 1.03 bits per heavy atom. The van der Waals surface area contributed by atoms with Gasteiger partial charge in [-0.3, -0.25) is 14.3 Å². The average Bonchev–Trinajstić information content (AvgIpc) is 3.24. The first-order chi connectivity index (χ1) is 15.9. The quantitative estimate of drug-likeness (QED) is 0.399. The van der Waals surface area contributed by atoms with Crippen molar-refractivity contribution in [1.29, 1.82) is 0 Å². The van der Waals surface area contributed by atoms with Crippen LogP contribution in [0.25, 0.3) is 17.1 Å². The van der Waals surface area contributed by atoms with Crippen molar-refractivity contribution in [3.8, 4) is 22.8 Å². The maximum Gasteiger partial charge on any atom is 0.230 e. The first-order valence-corrected chi connectivity index (χ1v) is 11.5. The number of carbonyl (C=O) groups is 1. The van der Waals surface area contributed by atoms with Crippen LogP contribution in [0.1, 0.15) is 22.3 Å². The van der Waals surface area contributed by atoms with Crippen molar-refractivity contribution < 1.29 is 9.90 Å². The maximum atomic E-state index is 12.6. The van der Waals surface area contributed by atoms with E-state index >= 15 is 0 Å². The molecule has 2 aromatic carbocycles. The van der Waals surface area contributed by atoms with Gasteiger partial charge in [-0.1, -0.05) is 42.1 Å². The molecule has 0 fully saturated rings. The number of aromatic hydroxyl groups is 1. The van der Waals surface area contributed by atoms with Crippen LogP contribution in [0.3, 0.4) is 0 Å². The summed E-state index contributed by atoms with van der Waals surface area (Å²) >= 11 is 1.33. The number of pyridine rings is 1. The van der Waals surface area contributed by atoms with Crippen LogP contribution in [0.5, 0.6) is 5.75 Å². The van der Waals surface area contributed by atoms with Crippen molar-refractivity contribution in [2.75, 3.05) is 5.75 Å². The SMILES string of the molecule is Cc1ccccc1-n1c(SCC(=O)NCc2cc(C)c(O)c(C)c2)nnc1-c1cccnc1. The molecule has 0 saturated heterocycles. The van der Waals surface area contributed by atoms with Gasteiger partial charge in [0.1, 0.15) is 5.75 Å². The van der Waals surface area contributed by atoms with Gasteiger partial charge in [-0.2, -0.15) is 0 Å². The number of thioether (sulfide) groups is 1. The second kappa shape index (κ2) is 9.87. The number of hydrogen-bond acceptors (Lipinski definition) is 6. The molecule has 1 amide bonds. The van der Waals surface area contributed by atoms with Crippen molar-refractivity contribution in [1.82, 2.24) is 25.1 Å². The highest BCUT2D eigenvalue weighted by Crippen LogP contribution is 2.29. The van der Waals surface area contributed by atoms with E-state index in [-0.39, 0.29) is 11.7 Å². The molecule has 2 N–H and O–H groups in total. The van der Waals surface area contributed by atoms with Crippen LogP contribution in [0.4, 0.5) is 0 Å². The summed E-state index contributed by atoms with van der Waals surface area (Å²) in [5.74, 6) is 1.06. The minimum Gasteiger partial charge on any atom is -0.507 e. The zero-order valence-electron chi connectivity index (χ0n) is 18.7.